The van der Waals surface area contributed by atoms with Gasteiger partial charge in [-0.3, -0.25) is 40.6 Å². The summed E-state index contributed by atoms with van der Waals surface area (Å²) < 4.78 is 5.55. The van der Waals surface area contributed by atoms with Crippen LogP contribution in [0.25, 0.3) is 0 Å². The predicted octanol–water partition coefficient (Wildman–Crippen LogP) is 1.14. The minimum Gasteiger partial charge on any atom is -0.454 e. The Balaban J connectivity index is 1.56. The smallest absolute Gasteiger partial charge is 0.306 e. The van der Waals surface area contributed by atoms with E-state index in [0.29, 0.717) is 18.0 Å². The van der Waals surface area contributed by atoms with Crippen LogP contribution in [0.1, 0.15) is 35.7 Å². The van der Waals surface area contributed by atoms with Crippen LogP contribution in [-0.2, 0) is 16.1 Å². The van der Waals surface area contributed by atoms with Gasteiger partial charge in [-0.2, -0.15) is 0 Å². The van der Waals surface area contributed by atoms with E-state index in [1.54, 1.807) is 24.3 Å². The quantitative estimate of drug-likeness (QED) is 0.572. The molecular formula is C21H26N6O4. The number of benzene rings is 1. The Bertz CT molecular complexity index is 978. The largest absolute Gasteiger partial charge is 0.454 e. The van der Waals surface area contributed by atoms with Gasteiger partial charge in [-0.25, -0.2) is 5.01 Å². The topological polar surface area (TPSA) is 119 Å². The average Bonchev–Trinajstić information content (AvgIpc) is 3.25. The van der Waals surface area contributed by atoms with Crippen LogP contribution >= 0.6 is 0 Å². The molecule has 3 rings (SSSR count). The first-order chi connectivity index (χ1) is 14.9. The maximum absolute atomic E-state index is 12.4. The monoisotopic (exact) mass is 426 g/mol. The molecule has 1 aliphatic rings. The van der Waals surface area contributed by atoms with Gasteiger partial charge in [0, 0.05) is 0 Å². The zero-order chi connectivity index (χ0) is 22.4. The average molecular weight is 426 g/mol. The fourth-order valence-electron chi connectivity index (χ4n) is 2.93. The molecule has 31 heavy (non-hydrogen) atoms. The molecule has 10 heteroatoms. The molecule has 0 unspecified atom stereocenters. The molecule has 0 atom stereocenters. The Morgan fingerprint density at radius 1 is 1.10 bits per heavy atom. The highest BCUT2D eigenvalue weighted by Gasteiger charge is 2.26. The van der Waals surface area contributed by atoms with Gasteiger partial charge in [0.2, 0.25) is 5.84 Å². The number of anilines is 1. The van der Waals surface area contributed by atoms with E-state index >= 15 is 0 Å². The first-order valence-corrected chi connectivity index (χ1v) is 10.0. The lowest BCUT2D eigenvalue weighted by atomic mass is 10.2. The summed E-state index contributed by atoms with van der Waals surface area (Å²) >= 11 is 0. The van der Waals surface area contributed by atoms with Gasteiger partial charge in [0.15, 0.2) is 5.76 Å². The van der Waals surface area contributed by atoms with Crippen LogP contribution in [0, 0.1) is 6.92 Å². The Morgan fingerprint density at radius 2 is 1.77 bits per heavy atom. The zero-order valence-electron chi connectivity index (χ0n) is 17.8. The first-order valence-electron chi connectivity index (χ1n) is 10.0. The molecule has 0 fully saturated rings. The number of rotatable bonds is 7. The van der Waals surface area contributed by atoms with Crippen LogP contribution in [0.4, 0.5) is 5.69 Å². The number of aliphatic imine (C=N–C) groups is 1. The number of hydrazine groups is 2. The van der Waals surface area contributed by atoms with Gasteiger partial charge in [0.25, 0.3) is 5.91 Å². The molecule has 0 saturated carbocycles. The van der Waals surface area contributed by atoms with Gasteiger partial charge in [0.05, 0.1) is 12.2 Å². The third kappa shape index (κ3) is 5.48. The third-order valence-electron chi connectivity index (χ3n) is 4.80. The molecule has 0 spiro atoms. The zero-order valence-corrected chi connectivity index (χ0v) is 17.8. The number of carbonyl (C=O) groups is 3. The summed E-state index contributed by atoms with van der Waals surface area (Å²) in [6.45, 7) is 8.17. The second-order valence-electron chi connectivity index (χ2n) is 6.98. The third-order valence-corrected chi connectivity index (χ3v) is 4.80. The Kier molecular flexibility index (Phi) is 7.03. The Labute approximate surface area is 180 Å². The van der Waals surface area contributed by atoms with E-state index in [4.69, 9.17) is 4.42 Å². The lowest BCUT2D eigenvalue weighted by Gasteiger charge is -2.27. The second kappa shape index (κ2) is 9.90. The van der Waals surface area contributed by atoms with Crippen molar-refractivity contribution in [1.29, 1.82) is 0 Å². The van der Waals surface area contributed by atoms with Gasteiger partial charge in [-0.15, -0.1) is 0 Å². The summed E-state index contributed by atoms with van der Waals surface area (Å²) in [4.78, 5) is 42.9. The van der Waals surface area contributed by atoms with Gasteiger partial charge in [-0.05, 0) is 44.3 Å². The molecule has 0 bridgehead atoms. The Hall–Kier alpha value is -3.66. The van der Waals surface area contributed by atoms with Gasteiger partial charge >= 0.3 is 11.8 Å². The van der Waals surface area contributed by atoms with Gasteiger partial charge < -0.3 is 4.42 Å². The minimum absolute atomic E-state index is 0.0810. The summed E-state index contributed by atoms with van der Waals surface area (Å²) in [5.74, 6) is -0.944. The molecule has 1 aromatic heterocycles. The number of hydrogen-bond acceptors (Lipinski definition) is 7. The van der Waals surface area contributed by atoms with Crippen LogP contribution in [0.15, 0.2) is 45.8 Å². The summed E-state index contributed by atoms with van der Waals surface area (Å²) in [7, 11) is 0. The molecule has 0 saturated heterocycles. The van der Waals surface area contributed by atoms with Crippen molar-refractivity contribution < 1.29 is 18.8 Å². The standard InChI is InChI=1S/C21H26N6O4/c1-4-26(5-2)13-16-10-11-17(31-16)20(29)23-24-21(30)19-22-12-18(28)27(25-19)15-8-6-14(3)7-9-15/h6-11H,4-5,12-13H2,1-3H3,(H,22,25)(H,23,29)(H,24,30). The molecule has 1 aromatic carbocycles. The van der Waals surface area contributed by atoms with Gasteiger partial charge in [0.1, 0.15) is 12.3 Å². The number of nitrogens with one attached hydrogen (secondary N) is 3. The van der Waals surface area contributed by atoms with E-state index in [9.17, 15) is 14.4 Å². The normalized spacial score (nSPS) is 13.6. The molecule has 2 heterocycles. The van der Waals surface area contributed by atoms with Crippen molar-refractivity contribution in [2.75, 3.05) is 24.6 Å². The minimum atomic E-state index is -0.687. The lowest BCUT2D eigenvalue weighted by molar-refractivity contribution is -0.118. The van der Waals surface area contributed by atoms with Crippen molar-refractivity contribution in [3.8, 4) is 0 Å². The van der Waals surface area contributed by atoms with E-state index in [1.165, 1.54) is 5.01 Å². The van der Waals surface area contributed by atoms with Crippen LogP contribution in [0.2, 0.25) is 0 Å². The number of furan rings is 1. The fourth-order valence-corrected chi connectivity index (χ4v) is 2.93. The first kappa shape index (κ1) is 22.0. The summed E-state index contributed by atoms with van der Waals surface area (Å²) in [6.07, 6.45) is 0. The number of hydrogen-bond donors (Lipinski definition) is 3. The molecule has 10 nitrogen and oxygen atoms in total. The molecule has 164 valence electrons. The van der Waals surface area contributed by atoms with Gasteiger partial charge in [-0.1, -0.05) is 31.5 Å². The van der Waals surface area contributed by atoms with Crippen LogP contribution < -0.4 is 21.3 Å². The van der Waals surface area contributed by atoms with Crippen molar-refractivity contribution in [2.45, 2.75) is 27.3 Å². The summed E-state index contributed by atoms with van der Waals surface area (Å²) in [5, 5.41) is 1.25. The van der Waals surface area contributed by atoms with Crippen molar-refractivity contribution in [3.63, 3.8) is 0 Å². The highest BCUT2D eigenvalue weighted by atomic mass is 16.4. The molecule has 0 aliphatic carbocycles. The summed E-state index contributed by atoms with van der Waals surface area (Å²) in [5.41, 5.74) is 8.88. The number of amides is 3. The van der Waals surface area contributed by atoms with Crippen LogP contribution in [0.3, 0.4) is 0 Å². The highest BCUT2D eigenvalue weighted by Crippen LogP contribution is 2.15. The Morgan fingerprint density at radius 3 is 2.45 bits per heavy atom. The van der Waals surface area contributed by atoms with Crippen molar-refractivity contribution in [3.05, 3.63) is 53.5 Å². The van der Waals surface area contributed by atoms with E-state index in [1.807, 2.05) is 32.9 Å². The van der Waals surface area contributed by atoms with Crippen molar-refractivity contribution in [2.24, 2.45) is 4.99 Å². The van der Waals surface area contributed by atoms with Crippen LogP contribution in [-0.4, -0.2) is 48.1 Å². The molecule has 2 aromatic rings. The number of nitrogens with zero attached hydrogens (tertiary/aromatic N) is 3. The van der Waals surface area contributed by atoms with E-state index < -0.39 is 11.8 Å². The summed E-state index contributed by atoms with van der Waals surface area (Å²) in [6, 6.07) is 10.5. The van der Waals surface area contributed by atoms with E-state index in [2.05, 4.69) is 26.2 Å². The molecule has 3 N–H and O–H groups in total. The number of carbonyl (C=O) groups excluding carboxylic acids is 3. The SMILES string of the molecule is CCN(CC)Cc1ccc(C(=O)NNC(=O)C2=NCC(=O)N(c3ccc(C)cc3)N2)o1. The number of amidine groups is 1. The van der Waals surface area contributed by atoms with E-state index in [-0.39, 0.29) is 24.0 Å². The van der Waals surface area contributed by atoms with Crippen molar-refractivity contribution >= 4 is 29.2 Å². The maximum atomic E-state index is 12.4. The lowest BCUT2D eigenvalue weighted by Crippen LogP contribution is -2.57. The van der Waals surface area contributed by atoms with Crippen LogP contribution in [0.5, 0.6) is 0 Å². The fraction of sp³-hybridized carbons (Fsp3) is 0.333. The molecular weight excluding hydrogens is 400 g/mol. The highest BCUT2D eigenvalue weighted by molar-refractivity contribution is 6.39. The maximum Gasteiger partial charge on any atom is 0.306 e. The second-order valence-corrected chi connectivity index (χ2v) is 6.98. The number of aryl methyl sites for hydroxylation is 1. The molecule has 3 amide bonds. The molecule has 1 aliphatic heterocycles. The van der Waals surface area contributed by atoms with Crippen molar-refractivity contribution in [1.82, 2.24) is 21.2 Å². The molecule has 0 radical (unpaired) electrons. The van der Waals surface area contributed by atoms with E-state index in [0.717, 1.165) is 18.7 Å². The predicted molar refractivity (Wildman–Crippen MR) is 115 cm³/mol.